The Bertz CT molecular complexity index is 453. The molecule has 2 N–H and O–H groups in total. The van der Waals surface area contributed by atoms with Crippen LogP contribution in [0.3, 0.4) is 0 Å². The summed E-state index contributed by atoms with van der Waals surface area (Å²) >= 11 is 0. The van der Waals surface area contributed by atoms with E-state index in [1.54, 1.807) is 4.90 Å². The van der Waals surface area contributed by atoms with Gasteiger partial charge in [0.2, 0.25) is 0 Å². The second-order valence-corrected chi connectivity index (χ2v) is 7.86. The van der Waals surface area contributed by atoms with Gasteiger partial charge in [-0.1, -0.05) is 13.3 Å². The Morgan fingerprint density at radius 2 is 1.95 bits per heavy atom. The van der Waals surface area contributed by atoms with Crippen LogP contribution in [0.15, 0.2) is 0 Å². The van der Waals surface area contributed by atoms with Crippen molar-refractivity contribution in [2.45, 2.75) is 52.0 Å². The molecule has 5 nitrogen and oxygen atoms in total. The highest BCUT2D eigenvalue weighted by Gasteiger charge is 2.42. The Morgan fingerprint density at radius 3 is 2.55 bits per heavy atom. The first-order chi connectivity index (χ1) is 10.4. The Morgan fingerprint density at radius 1 is 1.18 bits per heavy atom. The lowest BCUT2D eigenvalue weighted by molar-refractivity contribution is -0.143. The summed E-state index contributed by atoms with van der Waals surface area (Å²) in [6.45, 7) is 5.15. The molecule has 2 saturated carbocycles. The van der Waals surface area contributed by atoms with Gasteiger partial charge < -0.3 is 15.3 Å². The highest BCUT2D eigenvalue weighted by molar-refractivity contribution is 5.76. The number of rotatable bonds is 3. The summed E-state index contributed by atoms with van der Waals surface area (Å²) in [4.78, 5) is 25.4. The predicted octanol–water partition coefficient (Wildman–Crippen LogP) is 2.56. The van der Waals surface area contributed by atoms with Gasteiger partial charge in [0.05, 0.1) is 5.92 Å². The van der Waals surface area contributed by atoms with Crippen LogP contribution in [0.1, 0.15) is 46.0 Å². The Labute approximate surface area is 132 Å². The molecule has 0 aromatic rings. The smallest absolute Gasteiger partial charge is 0.317 e. The summed E-state index contributed by atoms with van der Waals surface area (Å²) < 4.78 is 0. The van der Waals surface area contributed by atoms with Crippen molar-refractivity contribution in [1.82, 2.24) is 10.2 Å². The van der Waals surface area contributed by atoms with Gasteiger partial charge in [-0.2, -0.15) is 0 Å². The molecule has 3 rings (SSSR count). The van der Waals surface area contributed by atoms with Gasteiger partial charge in [0.15, 0.2) is 0 Å². The average molecular weight is 308 g/mol. The molecule has 2 amide bonds. The van der Waals surface area contributed by atoms with E-state index in [9.17, 15) is 14.7 Å². The van der Waals surface area contributed by atoms with Crippen molar-refractivity contribution in [3.63, 3.8) is 0 Å². The molecule has 1 saturated heterocycles. The largest absolute Gasteiger partial charge is 0.481 e. The van der Waals surface area contributed by atoms with Crippen LogP contribution < -0.4 is 5.32 Å². The summed E-state index contributed by atoms with van der Waals surface area (Å²) in [5.74, 6) is 1.31. The van der Waals surface area contributed by atoms with Gasteiger partial charge in [0.25, 0.3) is 0 Å². The highest BCUT2D eigenvalue weighted by atomic mass is 16.4. The number of hydrogen-bond donors (Lipinski definition) is 2. The molecule has 0 radical (unpaired) electrons. The third-order valence-electron chi connectivity index (χ3n) is 6.08. The number of carboxylic acid groups (broad SMARTS) is 1. The third-order valence-corrected chi connectivity index (χ3v) is 6.08. The zero-order valence-electron chi connectivity index (χ0n) is 13.6. The quantitative estimate of drug-likeness (QED) is 0.842. The van der Waals surface area contributed by atoms with Crippen LogP contribution >= 0.6 is 0 Å². The lowest BCUT2D eigenvalue weighted by atomic mass is 9.84. The molecule has 3 aliphatic rings. The van der Waals surface area contributed by atoms with E-state index in [4.69, 9.17) is 0 Å². The summed E-state index contributed by atoms with van der Waals surface area (Å²) in [7, 11) is 0. The van der Waals surface area contributed by atoms with E-state index in [-0.39, 0.29) is 18.0 Å². The topological polar surface area (TPSA) is 69.6 Å². The first-order valence-corrected chi connectivity index (χ1v) is 8.72. The van der Waals surface area contributed by atoms with Crippen molar-refractivity contribution >= 4 is 12.0 Å². The summed E-state index contributed by atoms with van der Waals surface area (Å²) in [5.41, 5.74) is 0. The molecule has 22 heavy (non-hydrogen) atoms. The molecular weight excluding hydrogens is 280 g/mol. The fourth-order valence-corrected chi connectivity index (χ4v) is 5.00. The lowest BCUT2D eigenvalue weighted by Crippen LogP contribution is -2.52. The molecule has 2 aliphatic carbocycles. The average Bonchev–Trinajstić information content (AvgIpc) is 3.09. The Hall–Kier alpha value is -1.26. The van der Waals surface area contributed by atoms with Crippen molar-refractivity contribution in [1.29, 1.82) is 0 Å². The maximum absolute atomic E-state index is 12.5. The molecule has 6 unspecified atom stereocenters. The van der Waals surface area contributed by atoms with Crippen molar-refractivity contribution in [3.05, 3.63) is 0 Å². The molecule has 1 heterocycles. The van der Waals surface area contributed by atoms with E-state index in [2.05, 4.69) is 12.2 Å². The van der Waals surface area contributed by atoms with Crippen LogP contribution in [0.5, 0.6) is 0 Å². The number of hydrogen-bond acceptors (Lipinski definition) is 2. The zero-order chi connectivity index (χ0) is 15.9. The molecule has 124 valence electrons. The van der Waals surface area contributed by atoms with Gasteiger partial charge in [-0.05, 0) is 56.3 Å². The number of carbonyl (C=O) groups excluding carboxylic acids is 1. The fourth-order valence-electron chi connectivity index (χ4n) is 5.00. The number of nitrogens with one attached hydrogen (secondary N) is 1. The molecule has 0 aromatic carbocycles. The highest BCUT2D eigenvalue weighted by Crippen LogP contribution is 2.49. The fraction of sp³-hybridized carbons (Fsp3) is 0.882. The summed E-state index contributed by atoms with van der Waals surface area (Å²) in [5, 5.41) is 12.4. The van der Waals surface area contributed by atoms with Gasteiger partial charge in [-0.15, -0.1) is 0 Å². The van der Waals surface area contributed by atoms with Crippen LogP contribution in [0.25, 0.3) is 0 Å². The van der Waals surface area contributed by atoms with E-state index in [0.29, 0.717) is 25.4 Å². The van der Waals surface area contributed by atoms with E-state index in [1.165, 1.54) is 25.7 Å². The maximum Gasteiger partial charge on any atom is 0.317 e. The maximum atomic E-state index is 12.5. The van der Waals surface area contributed by atoms with Crippen LogP contribution in [-0.2, 0) is 4.79 Å². The first kappa shape index (κ1) is 15.6. The Balaban J connectivity index is 1.55. The zero-order valence-corrected chi connectivity index (χ0v) is 13.6. The SMILES string of the molecule is CC1CC(C(=O)O)CN(C(=O)NC(C)C2CC3CCC2C3)C1. The number of aliphatic carboxylic acids is 1. The van der Waals surface area contributed by atoms with E-state index < -0.39 is 11.9 Å². The number of urea groups is 1. The van der Waals surface area contributed by atoms with Crippen molar-refractivity contribution in [2.24, 2.45) is 29.6 Å². The van der Waals surface area contributed by atoms with Crippen LogP contribution in [0.4, 0.5) is 4.79 Å². The molecule has 0 spiro atoms. The van der Waals surface area contributed by atoms with E-state index in [1.807, 2.05) is 6.92 Å². The van der Waals surface area contributed by atoms with E-state index in [0.717, 1.165) is 11.8 Å². The van der Waals surface area contributed by atoms with Crippen molar-refractivity contribution < 1.29 is 14.7 Å². The molecule has 2 bridgehead atoms. The molecular formula is C17H28N2O3. The van der Waals surface area contributed by atoms with Gasteiger partial charge in [0.1, 0.15) is 0 Å². The molecule has 5 heteroatoms. The number of amides is 2. The van der Waals surface area contributed by atoms with Crippen LogP contribution in [0, 0.1) is 29.6 Å². The number of likely N-dealkylation sites (tertiary alicyclic amines) is 1. The normalized spacial score (nSPS) is 38.8. The van der Waals surface area contributed by atoms with Gasteiger partial charge in [-0.3, -0.25) is 4.79 Å². The number of piperidine rings is 1. The van der Waals surface area contributed by atoms with E-state index >= 15 is 0 Å². The minimum atomic E-state index is -0.787. The van der Waals surface area contributed by atoms with Crippen LogP contribution in [0.2, 0.25) is 0 Å². The molecule has 6 atom stereocenters. The molecule has 0 aromatic heterocycles. The van der Waals surface area contributed by atoms with Gasteiger partial charge in [-0.25, -0.2) is 4.79 Å². The number of carbonyl (C=O) groups is 2. The number of nitrogens with zero attached hydrogens (tertiary/aromatic N) is 1. The van der Waals surface area contributed by atoms with Gasteiger partial charge in [0, 0.05) is 19.1 Å². The summed E-state index contributed by atoms with van der Waals surface area (Å²) in [6, 6.07) is 0.122. The van der Waals surface area contributed by atoms with Gasteiger partial charge >= 0.3 is 12.0 Å². The number of fused-ring (bicyclic) bond motifs is 2. The summed E-state index contributed by atoms with van der Waals surface area (Å²) in [6.07, 6.45) is 5.94. The molecule has 3 fully saturated rings. The minimum Gasteiger partial charge on any atom is -0.481 e. The predicted molar refractivity (Wildman–Crippen MR) is 83.4 cm³/mol. The van der Waals surface area contributed by atoms with Crippen molar-refractivity contribution in [2.75, 3.05) is 13.1 Å². The second-order valence-electron chi connectivity index (χ2n) is 7.86. The standard InChI is InChI=1S/C17H28N2O3/c1-10-5-14(16(20)21)9-19(8-10)17(22)18-11(2)15-7-12-3-4-13(15)6-12/h10-15H,3-9H2,1-2H3,(H,18,22)(H,20,21). The second kappa shape index (κ2) is 6.09. The first-order valence-electron chi connectivity index (χ1n) is 8.72. The monoisotopic (exact) mass is 308 g/mol. The van der Waals surface area contributed by atoms with Crippen molar-refractivity contribution in [3.8, 4) is 0 Å². The third kappa shape index (κ3) is 3.08. The Kier molecular flexibility index (Phi) is 4.33. The van der Waals surface area contributed by atoms with Crippen LogP contribution in [-0.4, -0.2) is 41.1 Å². The lowest BCUT2D eigenvalue weighted by Gasteiger charge is -2.36. The number of carboxylic acids is 1. The minimum absolute atomic E-state index is 0.0759. The molecule has 1 aliphatic heterocycles.